The molecule has 0 aromatic heterocycles. The molecule has 35 heavy (non-hydrogen) atoms. The first-order valence-electron chi connectivity index (χ1n) is 11.9. The number of hydrogen-bond acceptors (Lipinski definition) is 1. The lowest BCUT2D eigenvalue weighted by Gasteiger charge is -2.27. The van der Waals surface area contributed by atoms with Gasteiger partial charge in [-0.2, -0.15) is 4.39 Å². The minimum absolute atomic E-state index is 0.0232. The Bertz CT molecular complexity index is 1220. The summed E-state index contributed by atoms with van der Waals surface area (Å²) in [4.78, 5) is 0. The van der Waals surface area contributed by atoms with E-state index < -0.39 is 23.3 Å². The highest BCUT2D eigenvalue weighted by Gasteiger charge is 2.25. The van der Waals surface area contributed by atoms with Crippen LogP contribution in [-0.2, 0) is 0 Å². The second-order valence-electron chi connectivity index (χ2n) is 8.85. The van der Waals surface area contributed by atoms with Crippen LogP contribution >= 0.6 is 0 Å². The lowest BCUT2D eigenvalue weighted by atomic mass is 9.78. The molecule has 1 aliphatic carbocycles. The Kier molecular flexibility index (Phi) is 7.74. The molecule has 0 atom stereocenters. The zero-order valence-corrected chi connectivity index (χ0v) is 19.7. The van der Waals surface area contributed by atoms with Crippen LogP contribution in [0.1, 0.15) is 55.2 Å². The van der Waals surface area contributed by atoms with E-state index in [-0.39, 0.29) is 29.4 Å². The first-order valence-corrected chi connectivity index (χ1v) is 11.9. The summed E-state index contributed by atoms with van der Waals surface area (Å²) in [5, 5.41) is 0. The van der Waals surface area contributed by atoms with Crippen molar-refractivity contribution in [1.29, 1.82) is 0 Å². The van der Waals surface area contributed by atoms with Crippen LogP contribution in [0.25, 0.3) is 23.3 Å². The summed E-state index contributed by atoms with van der Waals surface area (Å²) in [7, 11) is 0. The second-order valence-corrected chi connectivity index (χ2v) is 8.85. The van der Waals surface area contributed by atoms with Gasteiger partial charge in [0.2, 0.25) is 5.82 Å². The molecule has 1 nitrogen and oxygen atoms in total. The lowest BCUT2D eigenvalue weighted by molar-refractivity contribution is 0.314. The molecule has 3 aromatic rings. The molecule has 0 unspecified atom stereocenters. The fraction of sp³-hybridized carbons (Fsp3) is 0.267. The molecule has 0 N–H and O–H groups in total. The number of hydrogen-bond donors (Lipinski definition) is 0. The quantitative estimate of drug-likeness (QED) is 0.186. The molecule has 3 aromatic carbocycles. The monoisotopic (exact) mass is 480 g/mol. The predicted octanol–water partition coefficient (Wildman–Crippen LogP) is 8.94. The van der Waals surface area contributed by atoms with Gasteiger partial charge in [-0.25, -0.2) is 13.2 Å². The Balaban J connectivity index is 1.51. The van der Waals surface area contributed by atoms with Crippen molar-refractivity contribution in [3.63, 3.8) is 0 Å². The minimum Gasteiger partial charge on any atom is -0.491 e. The van der Waals surface area contributed by atoms with E-state index in [0.29, 0.717) is 22.6 Å². The van der Waals surface area contributed by atoms with Crippen LogP contribution in [0.15, 0.2) is 61.2 Å². The smallest absolute Gasteiger partial charge is 0.201 e. The average molecular weight is 481 g/mol. The van der Waals surface area contributed by atoms with Gasteiger partial charge in [0.05, 0.1) is 6.61 Å². The maximum Gasteiger partial charge on any atom is 0.201 e. The fourth-order valence-electron chi connectivity index (χ4n) is 4.67. The normalized spacial score (nSPS) is 18.1. The molecule has 0 saturated heterocycles. The largest absolute Gasteiger partial charge is 0.491 e. The van der Waals surface area contributed by atoms with Gasteiger partial charge in [0, 0.05) is 11.1 Å². The third-order valence-corrected chi connectivity index (χ3v) is 6.71. The molecule has 0 bridgehead atoms. The molecule has 0 heterocycles. The van der Waals surface area contributed by atoms with Gasteiger partial charge < -0.3 is 4.74 Å². The van der Waals surface area contributed by atoms with Gasteiger partial charge >= 0.3 is 0 Å². The Hall–Kier alpha value is -3.34. The molecule has 0 aliphatic heterocycles. The van der Waals surface area contributed by atoms with E-state index in [1.54, 1.807) is 49.4 Å². The number of halogens is 4. The van der Waals surface area contributed by atoms with E-state index in [9.17, 15) is 17.6 Å². The van der Waals surface area contributed by atoms with Crippen LogP contribution in [0.2, 0.25) is 0 Å². The molecule has 1 saturated carbocycles. The second kappa shape index (κ2) is 10.9. The highest BCUT2D eigenvalue weighted by atomic mass is 19.2. The van der Waals surface area contributed by atoms with Gasteiger partial charge in [0.25, 0.3) is 0 Å². The Labute approximate surface area is 203 Å². The predicted molar refractivity (Wildman–Crippen MR) is 133 cm³/mol. The topological polar surface area (TPSA) is 9.23 Å². The van der Waals surface area contributed by atoms with Crippen molar-refractivity contribution in [2.75, 3.05) is 6.61 Å². The Morgan fingerprint density at radius 2 is 1.51 bits per heavy atom. The van der Waals surface area contributed by atoms with Crippen LogP contribution in [-0.4, -0.2) is 6.61 Å². The van der Waals surface area contributed by atoms with E-state index in [0.717, 1.165) is 25.7 Å². The van der Waals surface area contributed by atoms with Crippen molar-refractivity contribution in [3.05, 3.63) is 101 Å². The lowest BCUT2D eigenvalue weighted by Crippen LogP contribution is -2.13. The van der Waals surface area contributed by atoms with Crippen LogP contribution in [0.4, 0.5) is 17.6 Å². The third-order valence-electron chi connectivity index (χ3n) is 6.71. The van der Waals surface area contributed by atoms with Gasteiger partial charge in [-0.05, 0) is 73.3 Å². The van der Waals surface area contributed by atoms with Crippen LogP contribution in [0.3, 0.4) is 0 Å². The highest BCUT2D eigenvalue weighted by molar-refractivity contribution is 5.73. The molecule has 0 amide bonds. The van der Waals surface area contributed by atoms with Crippen molar-refractivity contribution >= 4 is 12.2 Å². The zero-order valence-electron chi connectivity index (χ0n) is 19.7. The average Bonchev–Trinajstić information content (AvgIpc) is 2.88. The summed E-state index contributed by atoms with van der Waals surface area (Å²) in [6.45, 7) is 5.77. The van der Waals surface area contributed by atoms with Gasteiger partial charge in [-0.1, -0.05) is 54.6 Å². The minimum atomic E-state index is -1.03. The standard InChI is InChI=1S/C30H28F4O/c1-3-19-5-10-21(11-6-19)24-16-17-25(29(33)28(24)32)22-12-7-20(8-13-22)9-14-23-15-18-26(35-4-2)30(34)27(23)31/h3,7-9,12-19,21H,1,4-6,10-11H2,2H3/b14-9+. The summed E-state index contributed by atoms with van der Waals surface area (Å²) < 4.78 is 63.4. The summed E-state index contributed by atoms with van der Waals surface area (Å²) in [5.41, 5.74) is 1.97. The van der Waals surface area contributed by atoms with Gasteiger partial charge in [-0.3, -0.25) is 0 Å². The van der Waals surface area contributed by atoms with Gasteiger partial charge in [0.15, 0.2) is 23.2 Å². The molecule has 1 fully saturated rings. The molecule has 4 rings (SSSR count). The van der Waals surface area contributed by atoms with Gasteiger partial charge in [-0.15, -0.1) is 6.58 Å². The summed E-state index contributed by atoms with van der Waals surface area (Å²) in [6, 6.07) is 13.0. The SMILES string of the molecule is C=CC1CCC(c2ccc(-c3ccc(/C=C/c4ccc(OCC)c(F)c4F)cc3)c(F)c2F)CC1. The summed E-state index contributed by atoms with van der Waals surface area (Å²) in [5.74, 6) is -3.29. The van der Waals surface area contributed by atoms with Gasteiger partial charge in [0.1, 0.15) is 0 Å². The van der Waals surface area contributed by atoms with Crippen LogP contribution < -0.4 is 4.74 Å². The van der Waals surface area contributed by atoms with E-state index in [1.165, 1.54) is 18.2 Å². The third kappa shape index (κ3) is 5.34. The van der Waals surface area contributed by atoms with Crippen LogP contribution in [0, 0.1) is 29.2 Å². The summed E-state index contributed by atoms with van der Waals surface area (Å²) in [6.07, 6.45) is 8.57. The maximum absolute atomic E-state index is 15.0. The highest BCUT2D eigenvalue weighted by Crippen LogP contribution is 2.39. The van der Waals surface area contributed by atoms with Crippen molar-refractivity contribution in [1.82, 2.24) is 0 Å². The molecular formula is C30H28F4O. The number of benzene rings is 3. The van der Waals surface area contributed by atoms with E-state index in [4.69, 9.17) is 4.74 Å². The zero-order chi connectivity index (χ0) is 24.9. The molecule has 1 aliphatic rings. The summed E-state index contributed by atoms with van der Waals surface area (Å²) >= 11 is 0. The molecular weight excluding hydrogens is 452 g/mol. The van der Waals surface area contributed by atoms with Crippen molar-refractivity contribution in [3.8, 4) is 16.9 Å². The number of allylic oxidation sites excluding steroid dienone is 1. The Morgan fingerprint density at radius 1 is 0.800 bits per heavy atom. The first kappa shape index (κ1) is 24.8. The maximum atomic E-state index is 15.0. The molecule has 5 heteroatoms. The van der Waals surface area contributed by atoms with E-state index in [1.807, 2.05) is 6.08 Å². The number of ether oxygens (including phenoxy) is 1. The molecule has 0 spiro atoms. The van der Waals surface area contributed by atoms with Crippen LogP contribution in [0.5, 0.6) is 5.75 Å². The first-order chi connectivity index (χ1) is 16.9. The van der Waals surface area contributed by atoms with Crippen molar-refractivity contribution < 1.29 is 22.3 Å². The fourth-order valence-corrected chi connectivity index (χ4v) is 4.67. The van der Waals surface area contributed by atoms with E-state index >= 15 is 0 Å². The molecule has 0 radical (unpaired) electrons. The molecule has 182 valence electrons. The Morgan fingerprint density at radius 3 is 2.17 bits per heavy atom. The van der Waals surface area contributed by atoms with Crippen molar-refractivity contribution in [2.24, 2.45) is 5.92 Å². The van der Waals surface area contributed by atoms with Crippen molar-refractivity contribution in [2.45, 2.75) is 38.5 Å². The van der Waals surface area contributed by atoms with E-state index in [2.05, 4.69) is 6.58 Å². The number of rotatable bonds is 7.